The molecule has 2 heterocycles. The molecule has 1 unspecified atom stereocenters. The van der Waals surface area contributed by atoms with E-state index in [1.54, 1.807) is 11.0 Å². The van der Waals surface area contributed by atoms with E-state index in [0.29, 0.717) is 12.1 Å². The summed E-state index contributed by atoms with van der Waals surface area (Å²) >= 11 is 0. The van der Waals surface area contributed by atoms with Gasteiger partial charge in [0.05, 0.1) is 25.5 Å². The summed E-state index contributed by atoms with van der Waals surface area (Å²) in [5.41, 5.74) is 1.88. The maximum atomic E-state index is 14.1. The fourth-order valence-corrected chi connectivity index (χ4v) is 3.89. The van der Waals surface area contributed by atoms with Crippen LogP contribution >= 0.6 is 0 Å². The number of ether oxygens (including phenoxy) is 1. The predicted molar refractivity (Wildman–Crippen MR) is 112 cm³/mol. The SMILES string of the molecule is CC(C)[C@H](O)C[NH+](CC[NH+]1CCOCC1)Cc1cccn1Cc1ccccc1F. The average molecular weight is 406 g/mol. The van der Waals surface area contributed by atoms with Crippen LogP contribution in [0.4, 0.5) is 4.39 Å². The molecule has 160 valence electrons. The lowest BCUT2D eigenvalue weighted by Gasteiger charge is -2.28. The van der Waals surface area contributed by atoms with Crippen LogP contribution in [0.3, 0.4) is 0 Å². The zero-order valence-corrected chi connectivity index (χ0v) is 17.7. The number of rotatable bonds is 10. The van der Waals surface area contributed by atoms with E-state index in [-0.39, 0.29) is 17.8 Å². The fourth-order valence-electron chi connectivity index (χ4n) is 3.89. The topological polar surface area (TPSA) is 43.3 Å². The summed E-state index contributed by atoms with van der Waals surface area (Å²) in [4.78, 5) is 2.95. The summed E-state index contributed by atoms with van der Waals surface area (Å²) in [5.74, 6) is 0.0773. The van der Waals surface area contributed by atoms with Gasteiger partial charge in [0.1, 0.15) is 51.2 Å². The van der Waals surface area contributed by atoms with Crippen molar-refractivity contribution in [2.24, 2.45) is 5.92 Å². The van der Waals surface area contributed by atoms with Crippen molar-refractivity contribution in [2.45, 2.75) is 33.0 Å². The number of aliphatic hydroxyl groups is 1. The van der Waals surface area contributed by atoms with Crippen molar-refractivity contribution in [3.63, 3.8) is 0 Å². The first kappa shape index (κ1) is 22.0. The molecule has 1 saturated heterocycles. The Labute approximate surface area is 173 Å². The van der Waals surface area contributed by atoms with E-state index in [2.05, 4.69) is 24.5 Å². The quantitative estimate of drug-likeness (QED) is 0.521. The van der Waals surface area contributed by atoms with Gasteiger partial charge in [0.2, 0.25) is 0 Å². The second kappa shape index (κ2) is 10.9. The van der Waals surface area contributed by atoms with Crippen molar-refractivity contribution in [3.05, 3.63) is 59.7 Å². The number of nitrogens with zero attached hydrogens (tertiary/aromatic N) is 1. The summed E-state index contributed by atoms with van der Waals surface area (Å²) in [6, 6.07) is 11.1. The summed E-state index contributed by atoms with van der Waals surface area (Å²) < 4.78 is 21.7. The van der Waals surface area contributed by atoms with Crippen LogP contribution in [0.5, 0.6) is 0 Å². The van der Waals surface area contributed by atoms with Gasteiger partial charge in [-0.15, -0.1) is 0 Å². The molecule has 0 aliphatic carbocycles. The van der Waals surface area contributed by atoms with Gasteiger partial charge in [-0.1, -0.05) is 32.0 Å². The van der Waals surface area contributed by atoms with Crippen molar-refractivity contribution in [2.75, 3.05) is 45.9 Å². The molecule has 0 saturated carbocycles. The first-order chi connectivity index (χ1) is 14.0. The molecule has 5 nitrogen and oxygen atoms in total. The minimum absolute atomic E-state index is 0.164. The van der Waals surface area contributed by atoms with Gasteiger partial charge in [0.15, 0.2) is 0 Å². The summed E-state index contributed by atoms with van der Waals surface area (Å²) in [6.45, 7) is 12.1. The highest BCUT2D eigenvalue weighted by atomic mass is 19.1. The van der Waals surface area contributed by atoms with Crippen molar-refractivity contribution >= 4 is 0 Å². The van der Waals surface area contributed by atoms with Crippen molar-refractivity contribution < 1.29 is 24.0 Å². The molecular formula is C23H36FN3O2+2. The number of morpholine rings is 1. The summed E-state index contributed by atoms with van der Waals surface area (Å²) in [7, 11) is 0. The molecule has 6 heteroatoms. The number of quaternary nitrogens is 2. The Morgan fingerprint density at radius 3 is 2.66 bits per heavy atom. The van der Waals surface area contributed by atoms with Crippen LogP contribution in [0.1, 0.15) is 25.1 Å². The number of nitrogens with one attached hydrogen (secondary N) is 2. The highest BCUT2D eigenvalue weighted by Gasteiger charge is 2.22. The van der Waals surface area contributed by atoms with E-state index in [9.17, 15) is 9.50 Å². The number of halogens is 1. The third-order valence-corrected chi connectivity index (χ3v) is 5.95. The fraction of sp³-hybridized carbons (Fsp3) is 0.565. The van der Waals surface area contributed by atoms with Gasteiger partial charge < -0.3 is 24.2 Å². The van der Waals surface area contributed by atoms with Gasteiger partial charge in [0.25, 0.3) is 0 Å². The lowest BCUT2D eigenvalue weighted by molar-refractivity contribution is -0.969. The third kappa shape index (κ3) is 6.64. The number of benzene rings is 1. The van der Waals surface area contributed by atoms with Crippen LogP contribution < -0.4 is 9.80 Å². The van der Waals surface area contributed by atoms with E-state index in [1.165, 1.54) is 16.7 Å². The lowest BCUT2D eigenvalue weighted by Crippen LogP contribution is -3.21. The molecule has 3 rings (SSSR count). The van der Waals surface area contributed by atoms with Gasteiger partial charge in [-0.05, 0) is 24.1 Å². The van der Waals surface area contributed by atoms with Gasteiger partial charge >= 0.3 is 0 Å². The van der Waals surface area contributed by atoms with Gasteiger partial charge in [0, 0.05) is 11.8 Å². The van der Waals surface area contributed by atoms with Crippen LogP contribution in [-0.4, -0.2) is 61.7 Å². The largest absolute Gasteiger partial charge is 0.387 e. The molecule has 1 aromatic carbocycles. The summed E-state index contributed by atoms with van der Waals surface area (Å²) in [5, 5.41) is 10.5. The van der Waals surface area contributed by atoms with E-state index in [1.807, 2.05) is 24.4 Å². The van der Waals surface area contributed by atoms with Crippen molar-refractivity contribution in [1.29, 1.82) is 0 Å². The van der Waals surface area contributed by atoms with E-state index < -0.39 is 0 Å². The standard InChI is InChI=1S/C23H34FN3O2/c1-19(2)23(28)18-26(11-10-25-12-14-29-15-13-25)17-21-7-5-9-27(21)16-20-6-3-4-8-22(20)24/h3-9,19,23,28H,10-18H2,1-2H3/p+2/t23-/m1/s1. The second-order valence-corrected chi connectivity index (χ2v) is 8.52. The third-order valence-electron chi connectivity index (χ3n) is 5.95. The number of hydrogen-bond donors (Lipinski definition) is 3. The highest BCUT2D eigenvalue weighted by Crippen LogP contribution is 2.11. The molecule has 0 spiro atoms. The lowest BCUT2D eigenvalue weighted by atomic mass is 10.1. The maximum absolute atomic E-state index is 14.1. The van der Waals surface area contributed by atoms with Crippen LogP contribution in [-0.2, 0) is 17.8 Å². The Hall–Kier alpha value is -1.73. The monoisotopic (exact) mass is 405 g/mol. The molecule has 1 aliphatic heterocycles. The smallest absolute Gasteiger partial charge is 0.128 e. The molecule has 1 aliphatic rings. The van der Waals surface area contributed by atoms with Crippen LogP contribution in [0.25, 0.3) is 0 Å². The zero-order valence-electron chi connectivity index (χ0n) is 17.7. The minimum atomic E-state index is -0.320. The molecule has 29 heavy (non-hydrogen) atoms. The molecule has 0 radical (unpaired) electrons. The number of hydrogen-bond acceptors (Lipinski definition) is 2. The Bertz CT molecular complexity index is 743. The van der Waals surface area contributed by atoms with Gasteiger partial charge in [-0.2, -0.15) is 0 Å². The molecule has 2 atom stereocenters. The van der Waals surface area contributed by atoms with Crippen molar-refractivity contribution in [3.8, 4) is 0 Å². The van der Waals surface area contributed by atoms with E-state index in [4.69, 9.17) is 4.74 Å². The van der Waals surface area contributed by atoms with Crippen LogP contribution in [0.15, 0.2) is 42.6 Å². The molecular weight excluding hydrogens is 369 g/mol. The van der Waals surface area contributed by atoms with E-state index in [0.717, 1.165) is 52.5 Å². The Morgan fingerprint density at radius 1 is 1.17 bits per heavy atom. The van der Waals surface area contributed by atoms with Gasteiger partial charge in [-0.3, -0.25) is 0 Å². The highest BCUT2D eigenvalue weighted by molar-refractivity contribution is 5.19. The maximum Gasteiger partial charge on any atom is 0.128 e. The summed E-state index contributed by atoms with van der Waals surface area (Å²) in [6.07, 6.45) is 1.70. The molecule has 1 aromatic heterocycles. The molecule has 2 aromatic rings. The first-order valence-electron chi connectivity index (χ1n) is 10.8. The van der Waals surface area contributed by atoms with Crippen LogP contribution in [0, 0.1) is 11.7 Å². The first-order valence-corrected chi connectivity index (χ1v) is 10.8. The molecule has 3 N–H and O–H groups in total. The Kier molecular flexibility index (Phi) is 8.24. The van der Waals surface area contributed by atoms with Crippen LogP contribution in [0.2, 0.25) is 0 Å². The molecule has 0 bridgehead atoms. The number of aliphatic hydroxyl groups excluding tert-OH is 1. The van der Waals surface area contributed by atoms with E-state index >= 15 is 0 Å². The Morgan fingerprint density at radius 2 is 1.93 bits per heavy atom. The van der Waals surface area contributed by atoms with Gasteiger partial charge in [-0.25, -0.2) is 4.39 Å². The average Bonchev–Trinajstić information content (AvgIpc) is 3.15. The minimum Gasteiger partial charge on any atom is -0.387 e. The number of aromatic nitrogens is 1. The van der Waals surface area contributed by atoms with Crippen molar-refractivity contribution in [1.82, 2.24) is 4.57 Å². The second-order valence-electron chi connectivity index (χ2n) is 8.52. The predicted octanol–water partition coefficient (Wildman–Crippen LogP) is -0.00760. The Balaban J connectivity index is 1.66. The molecule has 0 amide bonds. The zero-order chi connectivity index (χ0) is 20.6. The normalized spacial score (nSPS) is 17.6. The molecule has 1 fully saturated rings.